The Kier molecular flexibility index (Phi) is 5.41. The number of nitrogens with zero attached hydrogens (tertiary/aromatic N) is 2. The van der Waals surface area contributed by atoms with Gasteiger partial charge in [-0.3, -0.25) is 14.3 Å². The molecule has 2 aromatic heterocycles. The molecule has 27 heavy (non-hydrogen) atoms. The molecule has 1 aromatic carbocycles. The molecule has 2 amide bonds. The van der Waals surface area contributed by atoms with Crippen LogP contribution in [0.25, 0.3) is 11.1 Å². The van der Waals surface area contributed by atoms with Gasteiger partial charge >= 0.3 is 0 Å². The van der Waals surface area contributed by atoms with Crippen molar-refractivity contribution in [3.8, 4) is 11.1 Å². The zero-order chi connectivity index (χ0) is 19.6. The van der Waals surface area contributed by atoms with Crippen LogP contribution in [0.2, 0.25) is 0 Å². The molecular formula is C20H22N4O2S. The highest BCUT2D eigenvalue weighted by molar-refractivity contribution is 7.10. The van der Waals surface area contributed by atoms with Crippen LogP contribution >= 0.6 is 11.3 Å². The maximum atomic E-state index is 12.7. The summed E-state index contributed by atoms with van der Waals surface area (Å²) in [6.45, 7) is 5.77. The number of carbonyl (C=O) groups is 2. The minimum absolute atomic E-state index is 0.0329. The fourth-order valence-electron chi connectivity index (χ4n) is 3.12. The molecule has 0 aliphatic carbocycles. The lowest BCUT2D eigenvalue weighted by molar-refractivity contribution is -0.118. The van der Waals surface area contributed by atoms with Gasteiger partial charge in [0.25, 0.3) is 5.91 Å². The first-order chi connectivity index (χ1) is 12.9. The molecule has 3 aromatic rings. The van der Waals surface area contributed by atoms with E-state index in [9.17, 15) is 9.59 Å². The number of primary amides is 1. The highest BCUT2D eigenvalue weighted by Gasteiger charge is 2.17. The van der Waals surface area contributed by atoms with Crippen LogP contribution in [-0.4, -0.2) is 21.6 Å². The summed E-state index contributed by atoms with van der Waals surface area (Å²) in [5.74, 6) is -0.569. The molecule has 7 heteroatoms. The highest BCUT2D eigenvalue weighted by Crippen LogP contribution is 2.28. The van der Waals surface area contributed by atoms with Crippen LogP contribution in [0.3, 0.4) is 0 Å². The first-order valence-electron chi connectivity index (χ1n) is 8.64. The van der Waals surface area contributed by atoms with Crippen molar-refractivity contribution in [1.82, 2.24) is 15.1 Å². The summed E-state index contributed by atoms with van der Waals surface area (Å²) < 4.78 is 1.60. The van der Waals surface area contributed by atoms with Crippen LogP contribution in [0, 0.1) is 13.8 Å². The van der Waals surface area contributed by atoms with Crippen molar-refractivity contribution in [3.05, 3.63) is 63.6 Å². The molecule has 0 saturated carbocycles. The van der Waals surface area contributed by atoms with Crippen LogP contribution in [0.5, 0.6) is 0 Å². The monoisotopic (exact) mass is 382 g/mol. The van der Waals surface area contributed by atoms with Crippen molar-refractivity contribution >= 4 is 23.2 Å². The van der Waals surface area contributed by atoms with Crippen molar-refractivity contribution in [2.24, 2.45) is 5.73 Å². The lowest BCUT2D eigenvalue weighted by Crippen LogP contribution is -2.26. The molecule has 2 heterocycles. The number of amides is 2. The van der Waals surface area contributed by atoms with E-state index in [4.69, 9.17) is 5.73 Å². The molecule has 140 valence electrons. The Labute approximate surface area is 162 Å². The first kappa shape index (κ1) is 18.8. The third-order valence-corrected chi connectivity index (χ3v) is 5.47. The minimum Gasteiger partial charge on any atom is -0.368 e. The molecule has 0 radical (unpaired) electrons. The fourth-order valence-corrected chi connectivity index (χ4v) is 3.86. The van der Waals surface area contributed by atoms with Crippen LogP contribution in [-0.2, 0) is 11.3 Å². The zero-order valence-electron chi connectivity index (χ0n) is 15.5. The number of thiophene rings is 1. The predicted molar refractivity (Wildman–Crippen MR) is 107 cm³/mol. The Balaban J connectivity index is 1.87. The number of benzene rings is 1. The Morgan fingerprint density at radius 2 is 2.04 bits per heavy atom. The Morgan fingerprint density at radius 3 is 2.70 bits per heavy atom. The van der Waals surface area contributed by atoms with Crippen molar-refractivity contribution in [3.63, 3.8) is 0 Å². The summed E-state index contributed by atoms with van der Waals surface area (Å²) in [6.07, 6.45) is 0. The van der Waals surface area contributed by atoms with E-state index in [2.05, 4.69) is 10.4 Å². The number of aryl methyl sites for hydroxylation is 1. The summed E-state index contributed by atoms with van der Waals surface area (Å²) in [4.78, 5) is 25.0. The summed E-state index contributed by atoms with van der Waals surface area (Å²) in [7, 11) is 0. The summed E-state index contributed by atoms with van der Waals surface area (Å²) >= 11 is 1.62. The van der Waals surface area contributed by atoms with Gasteiger partial charge in [0.2, 0.25) is 5.91 Å². The van der Waals surface area contributed by atoms with Gasteiger partial charge in [-0.15, -0.1) is 11.3 Å². The Morgan fingerprint density at radius 1 is 1.26 bits per heavy atom. The third kappa shape index (κ3) is 4.09. The average Bonchev–Trinajstić information content (AvgIpc) is 3.24. The fraction of sp³-hybridized carbons (Fsp3) is 0.250. The van der Waals surface area contributed by atoms with E-state index in [0.29, 0.717) is 5.56 Å². The van der Waals surface area contributed by atoms with Crippen LogP contribution in [0.4, 0.5) is 0 Å². The molecule has 0 saturated heterocycles. The number of aromatic nitrogens is 2. The van der Waals surface area contributed by atoms with Crippen molar-refractivity contribution in [2.45, 2.75) is 33.4 Å². The van der Waals surface area contributed by atoms with E-state index in [1.807, 2.05) is 56.5 Å². The van der Waals surface area contributed by atoms with Gasteiger partial charge in [0.05, 0.1) is 11.7 Å². The quantitative estimate of drug-likeness (QED) is 0.686. The smallest absolute Gasteiger partial charge is 0.251 e. The molecule has 3 N–H and O–H groups in total. The number of rotatable bonds is 6. The van der Waals surface area contributed by atoms with E-state index in [-0.39, 0.29) is 18.5 Å². The number of hydrogen-bond donors (Lipinski definition) is 2. The first-order valence-corrected chi connectivity index (χ1v) is 9.51. The largest absolute Gasteiger partial charge is 0.368 e. The summed E-state index contributed by atoms with van der Waals surface area (Å²) in [5, 5.41) is 9.42. The number of nitrogens with two attached hydrogens (primary N) is 1. The second-order valence-electron chi connectivity index (χ2n) is 6.46. The summed E-state index contributed by atoms with van der Waals surface area (Å²) in [6, 6.07) is 11.4. The maximum absolute atomic E-state index is 12.7. The lowest BCUT2D eigenvalue weighted by atomic mass is 10.0. The maximum Gasteiger partial charge on any atom is 0.251 e. The molecule has 0 aliphatic heterocycles. The van der Waals surface area contributed by atoms with Gasteiger partial charge in [0.15, 0.2) is 0 Å². The summed E-state index contributed by atoms with van der Waals surface area (Å²) in [5.41, 5.74) is 9.30. The van der Waals surface area contributed by atoms with E-state index < -0.39 is 5.91 Å². The molecule has 0 spiro atoms. The molecule has 1 atom stereocenters. The van der Waals surface area contributed by atoms with Gasteiger partial charge in [-0.1, -0.05) is 18.2 Å². The van der Waals surface area contributed by atoms with Gasteiger partial charge in [-0.05, 0) is 49.9 Å². The standard InChI is InChI=1S/C20H22N4O2S/c1-12(17-8-5-9-27-17)22-20(26)16-7-4-6-15(10-16)19-13(2)23-24(14(19)3)11-18(21)25/h4-10,12H,11H2,1-3H3,(H2,21,25)(H,22,26). The van der Waals surface area contributed by atoms with Crippen molar-refractivity contribution < 1.29 is 9.59 Å². The van der Waals surface area contributed by atoms with Gasteiger partial charge in [0, 0.05) is 21.7 Å². The van der Waals surface area contributed by atoms with Crippen LogP contribution in [0.15, 0.2) is 41.8 Å². The average molecular weight is 382 g/mol. The van der Waals surface area contributed by atoms with E-state index >= 15 is 0 Å². The van der Waals surface area contributed by atoms with Gasteiger partial charge in [-0.25, -0.2) is 0 Å². The highest BCUT2D eigenvalue weighted by atomic mass is 32.1. The molecule has 1 unspecified atom stereocenters. The van der Waals surface area contributed by atoms with Crippen molar-refractivity contribution in [1.29, 1.82) is 0 Å². The normalized spacial score (nSPS) is 12.0. The van der Waals surface area contributed by atoms with Crippen LogP contribution in [0.1, 0.15) is 39.6 Å². The second-order valence-corrected chi connectivity index (χ2v) is 7.44. The minimum atomic E-state index is -0.442. The van der Waals surface area contributed by atoms with E-state index in [1.54, 1.807) is 22.1 Å². The lowest BCUT2D eigenvalue weighted by Gasteiger charge is -2.13. The molecule has 3 rings (SSSR count). The predicted octanol–water partition coefficient (Wildman–Crippen LogP) is 3.20. The van der Waals surface area contributed by atoms with Gasteiger partial charge < -0.3 is 11.1 Å². The topological polar surface area (TPSA) is 90.0 Å². The molecule has 0 bridgehead atoms. The Hall–Kier alpha value is -2.93. The molecule has 6 nitrogen and oxygen atoms in total. The molecular weight excluding hydrogens is 360 g/mol. The van der Waals surface area contributed by atoms with Gasteiger partial charge in [-0.2, -0.15) is 5.10 Å². The van der Waals surface area contributed by atoms with Crippen molar-refractivity contribution in [2.75, 3.05) is 0 Å². The molecule has 0 aliphatic rings. The van der Waals surface area contributed by atoms with Gasteiger partial charge in [0.1, 0.15) is 6.54 Å². The number of hydrogen-bond acceptors (Lipinski definition) is 4. The van der Waals surface area contributed by atoms with Crippen LogP contribution < -0.4 is 11.1 Å². The van der Waals surface area contributed by atoms with E-state index in [1.165, 1.54) is 0 Å². The SMILES string of the molecule is Cc1nn(CC(N)=O)c(C)c1-c1cccc(C(=O)NC(C)c2cccs2)c1. The second kappa shape index (κ2) is 7.75. The zero-order valence-corrected chi connectivity index (χ0v) is 16.3. The number of nitrogens with one attached hydrogen (secondary N) is 1. The number of carbonyl (C=O) groups excluding carboxylic acids is 2. The third-order valence-electron chi connectivity index (χ3n) is 4.42. The van der Waals surface area contributed by atoms with E-state index in [0.717, 1.165) is 27.4 Å². The molecule has 0 fully saturated rings. The Bertz CT molecular complexity index is 976.